The van der Waals surface area contributed by atoms with Gasteiger partial charge in [-0.25, -0.2) is 4.39 Å². The third kappa shape index (κ3) is 3.68. The van der Waals surface area contributed by atoms with Crippen molar-refractivity contribution < 1.29 is 29.2 Å². The van der Waals surface area contributed by atoms with Crippen molar-refractivity contribution in [2.75, 3.05) is 6.61 Å². The van der Waals surface area contributed by atoms with Gasteiger partial charge in [-0.2, -0.15) is 0 Å². The molecule has 0 radical (unpaired) electrons. The number of carbonyl (C=O) groups is 1. The Morgan fingerprint density at radius 1 is 1.44 bits per heavy atom. The predicted octanol–water partition coefficient (Wildman–Crippen LogP) is 1.09. The second kappa shape index (κ2) is 6.32. The Kier molecular flexibility index (Phi) is 5.06. The highest BCUT2D eigenvalue weighted by Gasteiger charge is 2.24. The van der Waals surface area contributed by atoms with Crippen molar-refractivity contribution in [2.24, 2.45) is 0 Å². The second-order valence-corrected chi connectivity index (χ2v) is 3.73. The molecule has 0 aliphatic heterocycles. The lowest BCUT2D eigenvalue weighted by molar-refractivity contribution is -0.141. The molecule has 18 heavy (non-hydrogen) atoms. The number of carboxylic acids is 1. The van der Waals surface area contributed by atoms with Crippen LogP contribution in [0.15, 0.2) is 18.2 Å². The van der Waals surface area contributed by atoms with Crippen LogP contribution >= 0.6 is 0 Å². The fourth-order valence-corrected chi connectivity index (χ4v) is 1.50. The summed E-state index contributed by atoms with van der Waals surface area (Å²) in [5.74, 6) is -1.72. The predicted molar refractivity (Wildman–Crippen MR) is 60.8 cm³/mol. The maximum atomic E-state index is 13.6. The summed E-state index contributed by atoms with van der Waals surface area (Å²) in [7, 11) is 0. The Hall–Kier alpha value is -1.66. The van der Waals surface area contributed by atoms with Crippen molar-refractivity contribution >= 4 is 5.97 Å². The molecule has 100 valence electrons. The van der Waals surface area contributed by atoms with E-state index in [-0.39, 0.29) is 5.56 Å². The SMILES string of the molecule is CCOc1ccc(C(O)C(O)CC(=O)O)c(F)c1. The summed E-state index contributed by atoms with van der Waals surface area (Å²) in [5.41, 5.74) is -0.160. The molecule has 0 bridgehead atoms. The Morgan fingerprint density at radius 3 is 2.61 bits per heavy atom. The van der Waals surface area contributed by atoms with Crippen molar-refractivity contribution in [3.63, 3.8) is 0 Å². The number of aliphatic hydroxyl groups excluding tert-OH is 2. The number of carboxylic acid groups (broad SMARTS) is 1. The first-order valence-electron chi connectivity index (χ1n) is 5.45. The number of aliphatic hydroxyl groups is 2. The van der Waals surface area contributed by atoms with E-state index in [0.717, 1.165) is 6.07 Å². The first-order valence-corrected chi connectivity index (χ1v) is 5.45. The molecular formula is C12H15FO5. The third-order valence-corrected chi connectivity index (χ3v) is 2.35. The van der Waals surface area contributed by atoms with Crippen LogP contribution in [0.5, 0.6) is 5.75 Å². The van der Waals surface area contributed by atoms with Crippen LogP contribution < -0.4 is 4.74 Å². The topological polar surface area (TPSA) is 87.0 Å². The van der Waals surface area contributed by atoms with Gasteiger partial charge in [0, 0.05) is 11.6 Å². The number of halogens is 1. The fraction of sp³-hybridized carbons (Fsp3) is 0.417. The molecule has 0 saturated carbocycles. The summed E-state index contributed by atoms with van der Waals surface area (Å²) >= 11 is 0. The molecule has 0 fully saturated rings. The van der Waals surface area contributed by atoms with Gasteiger partial charge in [0.2, 0.25) is 0 Å². The van der Waals surface area contributed by atoms with Crippen LogP contribution in [0.3, 0.4) is 0 Å². The highest BCUT2D eigenvalue weighted by atomic mass is 19.1. The highest BCUT2D eigenvalue weighted by molar-refractivity contribution is 5.67. The number of hydrogen-bond donors (Lipinski definition) is 3. The molecule has 0 saturated heterocycles. The molecule has 2 atom stereocenters. The molecule has 0 aliphatic carbocycles. The van der Waals surface area contributed by atoms with E-state index in [4.69, 9.17) is 9.84 Å². The number of ether oxygens (including phenoxy) is 1. The van der Waals surface area contributed by atoms with E-state index < -0.39 is 30.4 Å². The normalized spacial score (nSPS) is 14.0. The first-order chi connectivity index (χ1) is 8.45. The molecule has 1 rings (SSSR count). The highest BCUT2D eigenvalue weighted by Crippen LogP contribution is 2.25. The minimum Gasteiger partial charge on any atom is -0.494 e. The summed E-state index contributed by atoms with van der Waals surface area (Å²) in [4.78, 5) is 10.4. The van der Waals surface area contributed by atoms with Crippen molar-refractivity contribution in [1.82, 2.24) is 0 Å². The van der Waals surface area contributed by atoms with E-state index in [1.165, 1.54) is 12.1 Å². The van der Waals surface area contributed by atoms with E-state index in [1.54, 1.807) is 6.92 Å². The third-order valence-electron chi connectivity index (χ3n) is 2.35. The quantitative estimate of drug-likeness (QED) is 0.711. The molecule has 3 N–H and O–H groups in total. The molecule has 2 unspecified atom stereocenters. The van der Waals surface area contributed by atoms with Crippen LogP contribution in [0.1, 0.15) is 25.0 Å². The average Bonchev–Trinajstić information content (AvgIpc) is 2.28. The maximum Gasteiger partial charge on any atom is 0.306 e. The van der Waals surface area contributed by atoms with Crippen LogP contribution in [0.4, 0.5) is 4.39 Å². The standard InChI is InChI=1S/C12H15FO5/c1-2-18-7-3-4-8(9(13)5-7)12(17)10(14)6-11(15)16/h3-5,10,12,14,17H,2,6H2,1H3,(H,15,16). The van der Waals surface area contributed by atoms with E-state index in [0.29, 0.717) is 12.4 Å². The Bertz CT molecular complexity index is 421. The minimum atomic E-state index is -1.59. The minimum absolute atomic E-state index is 0.160. The van der Waals surface area contributed by atoms with Gasteiger partial charge < -0.3 is 20.1 Å². The van der Waals surface area contributed by atoms with E-state index in [9.17, 15) is 19.4 Å². The molecule has 0 amide bonds. The maximum absolute atomic E-state index is 13.6. The second-order valence-electron chi connectivity index (χ2n) is 3.73. The first kappa shape index (κ1) is 14.4. The lowest BCUT2D eigenvalue weighted by atomic mass is 10.0. The van der Waals surface area contributed by atoms with Crippen molar-refractivity contribution in [1.29, 1.82) is 0 Å². The van der Waals surface area contributed by atoms with Gasteiger partial charge in [0.05, 0.1) is 19.1 Å². The van der Waals surface area contributed by atoms with Crippen LogP contribution in [0.25, 0.3) is 0 Å². The lowest BCUT2D eigenvalue weighted by Gasteiger charge is -2.17. The molecule has 5 nitrogen and oxygen atoms in total. The number of hydrogen-bond acceptors (Lipinski definition) is 4. The van der Waals surface area contributed by atoms with Crippen molar-refractivity contribution in [3.05, 3.63) is 29.6 Å². The summed E-state index contributed by atoms with van der Waals surface area (Å²) in [6.07, 6.45) is -3.81. The molecular weight excluding hydrogens is 243 g/mol. The molecule has 0 aliphatic rings. The van der Waals surface area contributed by atoms with E-state index in [1.807, 2.05) is 0 Å². The van der Waals surface area contributed by atoms with E-state index in [2.05, 4.69) is 0 Å². The van der Waals surface area contributed by atoms with Gasteiger partial charge in [0.15, 0.2) is 0 Å². The van der Waals surface area contributed by atoms with Gasteiger partial charge >= 0.3 is 5.97 Å². The summed E-state index contributed by atoms with van der Waals surface area (Å²) in [5, 5.41) is 27.5. The van der Waals surface area contributed by atoms with Gasteiger partial charge in [-0.3, -0.25) is 4.79 Å². The van der Waals surface area contributed by atoms with Crippen LogP contribution in [0.2, 0.25) is 0 Å². The van der Waals surface area contributed by atoms with E-state index >= 15 is 0 Å². The molecule has 1 aromatic rings. The lowest BCUT2D eigenvalue weighted by Crippen LogP contribution is -2.22. The monoisotopic (exact) mass is 258 g/mol. The smallest absolute Gasteiger partial charge is 0.306 e. The van der Waals surface area contributed by atoms with Crippen molar-refractivity contribution in [3.8, 4) is 5.75 Å². The van der Waals surface area contributed by atoms with Gasteiger partial charge in [-0.15, -0.1) is 0 Å². The Labute approximate surface area is 103 Å². The Balaban J connectivity index is 2.85. The molecule has 0 spiro atoms. The summed E-state index contributed by atoms with van der Waals surface area (Å²) in [6, 6.07) is 3.78. The van der Waals surface area contributed by atoms with Crippen LogP contribution in [-0.4, -0.2) is 34.0 Å². The largest absolute Gasteiger partial charge is 0.494 e. The number of rotatable bonds is 6. The van der Waals surface area contributed by atoms with Gasteiger partial charge in [-0.05, 0) is 19.1 Å². The van der Waals surface area contributed by atoms with Crippen molar-refractivity contribution in [2.45, 2.75) is 25.6 Å². The van der Waals surface area contributed by atoms with Gasteiger partial charge in [0.25, 0.3) is 0 Å². The number of benzene rings is 1. The molecule has 0 heterocycles. The zero-order chi connectivity index (χ0) is 13.7. The summed E-state index contributed by atoms with van der Waals surface area (Å²) < 4.78 is 18.7. The fourth-order valence-electron chi connectivity index (χ4n) is 1.50. The van der Waals surface area contributed by atoms with Crippen LogP contribution in [0, 0.1) is 5.82 Å². The van der Waals surface area contributed by atoms with Gasteiger partial charge in [0.1, 0.15) is 17.7 Å². The number of aliphatic carboxylic acids is 1. The van der Waals surface area contributed by atoms with Crippen LogP contribution in [-0.2, 0) is 4.79 Å². The Morgan fingerprint density at radius 2 is 2.11 bits per heavy atom. The molecule has 1 aromatic carbocycles. The zero-order valence-electron chi connectivity index (χ0n) is 9.84. The molecule has 6 heteroatoms. The molecule has 0 aromatic heterocycles. The van der Waals surface area contributed by atoms with Gasteiger partial charge in [-0.1, -0.05) is 0 Å². The summed E-state index contributed by atoms with van der Waals surface area (Å²) in [6.45, 7) is 2.13. The zero-order valence-corrected chi connectivity index (χ0v) is 9.84. The average molecular weight is 258 g/mol.